The first-order valence-corrected chi connectivity index (χ1v) is 7.42. The Morgan fingerprint density at radius 3 is 2.44 bits per heavy atom. The van der Waals surface area contributed by atoms with Gasteiger partial charge in [0.05, 0.1) is 4.90 Å². The maximum atomic E-state index is 13.6. The van der Waals surface area contributed by atoms with Crippen LogP contribution in [0.1, 0.15) is 24.8 Å². The molecule has 1 aliphatic heterocycles. The number of hydrogen-bond acceptors (Lipinski definition) is 3. The number of piperidine rings is 1. The van der Waals surface area contributed by atoms with Gasteiger partial charge >= 0.3 is 0 Å². The molecule has 1 aromatic carbocycles. The summed E-state index contributed by atoms with van der Waals surface area (Å²) in [6.45, 7) is 2.46. The van der Waals surface area contributed by atoms with Gasteiger partial charge in [-0.1, -0.05) is 6.42 Å². The molecule has 100 valence electrons. The number of benzene rings is 1. The highest BCUT2D eigenvalue weighted by atomic mass is 32.2. The van der Waals surface area contributed by atoms with Gasteiger partial charge in [0.25, 0.3) is 0 Å². The summed E-state index contributed by atoms with van der Waals surface area (Å²) in [6, 6.07) is 2.48. The Morgan fingerprint density at radius 2 is 1.83 bits per heavy atom. The highest BCUT2D eigenvalue weighted by Gasteiger charge is 2.28. The van der Waals surface area contributed by atoms with Crippen LogP contribution in [0.15, 0.2) is 17.0 Å². The molecule has 0 aromatic heterocycles. The van der Waals surface area contributed by atoms with E-state index in [9.17, 15) is 12.8 Å². The fourth-order valence-electron chi connectivity index (χ4n) is 2.19. The predicted molar refractivity (Wildman–Crippen MR) is 68.2 cm³/mol. The number of sulfonamides is 1. The number of anilines is 1. The van der Waals surface area contributed by atoms with E-state index in [0.29, 0.717) is 13.1 Å². The number of nitrogens with two attached hydrogens (primary N) is 1. The number of rotatable bonds is 2. The summed E-state index contributed by atoms with van der Waals surface area (Å²) >= 11 is 0. The molecule has 0 bridgehead atoms. The molecule has 2 rings (SSSR count). The third-order valence-corrected chi connectivity index (χ3v) is 5.28. The van der Waals surface area contributed by atoms with Gasteiger partial charge in [-0.3, -0.25) is 0 Å². The highest BCUT2D eigenvalue weighted by molar-refractivity contribution is 7.89. The molecule has 1 aromatic rings. The van der Waals surface area contributed by atoms with E-state index in [-0.39, 0.29) is 16.1 Å². The van der Waals surface area contributed by atoms with E-state index in [1.54, 1.807) is 0 Å². The molecule has 0 amide bonds. The predicted octanol–water partition coefficient (Wildman–Crippen LogP) is 1.89. The summed E-state index contributed by atoms with van der Waals surface area (Å²) in [5.41, 5.74) is 5.80. The summed E-state index contributed by atoms with van der Waals surface area (Å²) in [5.74, 6) is -0.578. The lowest BCUT2D eigenvalue weighted by molar-refractivity contribution is 0.346. The Morgan fingerprint density at radius 1 is 1.22 bits per heavy atom. The van der Waals surface area contributed by atoms with E-state index in [1.807, 2.05) is 0 Å². The van der Waals surface area contributed by atoms with Gasteiger partial charge in [0.1, 0.15) is 5.82 Å². The summed E-state index contributed by atoms with van der Waals surface area (Å²) in [4.78, 5) is -0.0121. The molecule has 4 nitrogen and oxygen atoms in total. The minimum Gasteiger partial charge on any atom is -0.399 e. The number of nitrogen functional groups attached to an aromatic ring is 1. The van der Waals surface area contributed by atoms with Gasteiger partial charge in [-0.25, -0.2) is 12.8 Å². The van der Waals surface area contributed by atoms with Crippen molar-refractivity contribution in [3.8, 4) is 0 Å². The largest absolute Gasteiger partial charge is 0.399 e. The van der Waals surface area contributed by atoms with Crippen LogP contribution in [0.5, 0.6) is 0 Å². The maximum absolute atomic E-state index is 13.6. The fourth-order valence-corrected chi connectivity index (χ4v) is 3.97. The molecule has 0 atom stereocenters. The molecule has 0 unspecified atom stereocenters. The van der Waals surface area contributed by atoms with Crippen molar-refractivity contribution in [1.82, 2.24) is 4.31 Å². The van der Waals surface area contributed by atoms with E-state index < -0.39 is 15.8 Å². The molecule has 0 spiro atoms. The van der Waals surface area contributed by atoms with Gasteiger partial charge in [0.2, 0.25) is 10.0 Å². The third kappa shape index (κ3) is 2.35. The first-order chi connectivity index (χ1) is 8.43. The Labute approximate surface area is 107 Å². The van der Waals surface area contributed by atoms with E-state index in [2.05, 4.69) is 0 Å². The van der Waals surface area contributed by atoms with E-state index in [1.165, 1.54) is 17.3 Å². The monoisotopic (exact) mass is 272 g/mol. The summed E-state index contributed by atoms with van der Waals surface area (Å²) in [7, 11) is -3.62. The topological polar surface area (TPSA) is 63.4 Å². The van der Waals surface area contributed by atoms with Crippen LogP contribution < -0.4 is 5.73 Å². The van der Waals surface area contributed by atoms with Crippen molar-refractivity contribution in [2.75, 3.05) is 18.8 Å². The lowest BCUT2D eigenvalue weighted by Gasteiger charge is -2.26. The Bertz CT molecular complexity index is 551. The van der Waals surface area contributed by atoms with Crippen molar-refractivity contribution >= 4 is 15.7 Å². The van der Waals surface area contributed by atoms with Crippen molar-refractivity contribution in [3.63, 3.8) is 0 Å². The van der Waals surface area contributed by atoms with Crippen LogP contribution in [0.25, 0.3) is 0 Å². The summed E-state index contributed by atoms with van der Waals surface area (Å²) in [6.07, 6.45) is 2.74. The zero-order chi connectivity index (χ0) is 13.3. The molecule has 6 heteroatoms. The van der Waals surface area contributed by atoms with Gasteiger partial charge in [0.15, 0.2) is 0 Å². The van der Waals surface area contributed by atoms with Crippen molar-refractivity contribution in [1.29, 1.82) is 0 Å². The van der Waals surface area contributed by atoms with Gasteiger partial charge < -0.3 is 5.73 Å². The van der Waals surface area contributed by atoms with Crippen molar-refractivity contribution < 1.29 is 12.8 Å². The van der Waals surface area contributed by atoms with Crippen LogP contribution in [-0.4, -0.2) is 25.8 Å². The lowest BCUT2D eigenvalue weighted by atomic mass is 10.2. The number of halogens is 1. The van der Waals surface area contributed by atoms with Gasteiger partial charge in [-0.15, -0.1) is 0 Å². The SMILES string of the molecule is Cc1c(F)cc(N)cc1S(=O)(=O)N1CCCCC1. The van der Waals surface area contributed by atoms with Crippen LogP contribution in [0.4, 0.5) is 10.1 Å². The maximum Gasteiger partial charge on any atom is 0.243 e. The lowest BCUT2D eigenvalue weighted by Crippen LogP contribution is -2.36. The average Bonchev–Trinajstić information content (AvgIpc) is 2.34. The second-order valence-corrected chi connectivity index (χ2v) is 6.50. The van der Waals surface area contributed by atoms with Crippen LogP contribution in [0.3, 0.4) is 0 Å². The molecular weight excluding hydrogens is 255 g/mol. The minimum absolute atomic E-state index is 0.0121. The Kier molecular flexibility index (Phi) is 3.59. The standard InChI is InChI=1S/C12H17FN2O2S/c1-9-11(13)7-10(14)8-12(9)18(16,17)15-5-3-2-4-6-15/h7-8H,2-6,14H2,1H3. The Hall–Kier alpha value is -1.14. The molecular formula is C12H17FN2O2S. The van der Waals surface area contributed by atoms with Crippen molar-refractivity contribution in [2.24, 2.45) is 0 Å². The zero-order valence-corrected chi connectivity index (χ0v) is 11.1. The number of nitrogens with zero attached hydrogens (tertiary/aromatic N) is 1. The molecule has 18 heavy (non-hydrogen) atoms. The Balaban J connectivity index is 2.46. The second-order valence-electron chi connectivity index (χ2n) is 4.59. The normalized spacial score (nSPS) is 17.9. The molecule has 0 saturated carbocycles. The first-order valence-electron chi connectivity index (χ1n) is 5.98. The van der Waals surface area contributed by atoms with Gasteiger partial charge in [0, 0.05) is 24.3 Å². The van der Waals surface area contributed by atoms with Crippen LogP contribution in [-0.2, 0) is 10.0 Å². The molecule has 1 heterocycles. The smallest absolute Gasteiger partial charge is 0.243 e. The van der Waals surface area contributed by atoms with Gasteiger partial charge in [-0.05, 0) is 31.9 Å². The summed E-state index contributed by atoms with van der Waals surface area (Å²) in [5, 5.41) is 0. The van der Waals surface area contributed by atoms with Crippen LogP contribution in [0, 0.1) is 12.7 Å². The molecule has 1 fully saturated rings. The molecule has 0 aliphatic carbocycles. The van der Waals surface area contributed by atoms with Gasteiger partial charge in [-0.2, -0.15) is 4.31 Å². The number of hydrogen-bond donors (Lipinski definition) is 1. The molecule has 1 saturated heterocycles. The summed E-state index contributed by atoms with van der Waals surface area (Å²) < 4.78 is 39.8. The van der Waals surface area contributed by atoms with Crippen LogP contribution >= 0.6 is 0 Å². The zero-order valence-electron chi connectivity index (χ0n) is 10.3. The molecule has 2 N–H and O–H groups in total. The minimum atomic E-state index is -3.62. The third-order valence-electron chi connectivity index (χ3n) is 3.25. The van der Waals surface area contributed by atoms with E-state index >= 15 is 0 Å². The van der Waals surface area contributed by atoms with Crippen molar-refractivity contribution in [2.45, 2.75) is 31.1 Å². The van der Waals surface area contributed by atoms with E-state index in [0.717, 1.165) is 25.3 Å². The van der Waals surface area contributed by atoms with E-state index in [4.69, 9.17) is 5.73 Å². The second kappa shape index (κ2) is 4.85. The van der Waals surface area contributed by atoms with Crippen LogP contribution in [0.2, 0.25) is 0 Å². The fraction of sp³-hybridized carbons (Fsp3) is 0.500. The quantitative estimate of drug-likeness (QED) is 0.836. The molecule has 1 aliphatic rings. The van der Waals surface area contributed by atoms with Crippen molar-refractivity contribution in [3.05, 3.63) is 23.5 Å². The highest BCUT2D eigenvalue weighted by Crippen LogP contribution is 2.26. The molecule has 0 radical (unpaired) electrons. The first kappa shape index (κ1) is 13.3. The average molecular weight is 272 g/mol.